The summed E-state index contributed by atoms with van der Waals surface area (Å²) in [6, 6.07) is 24.5. The lowest BCUT2D eigenvalue weighted by atomic mass is 10.0. The second-order valence-corrected chi connectivity index (χ2v) is 7.00. The van der Waals surface area contributed by atoms with Crippen molar-refractivity contribution in [2.75, 3.05) is 0 Å². The van der Waals surface area contributed by atoms with E-state index >= 15 is 0 Å². The molecule has 128 valence electrons. The van der Waals surface area contributed by atoms with Gasteiger partial charge in [0.05, 0.1) is 17.4 Å². The fraction of sp³-hybridized carbons (Fsp3) is 0.174. The molecule has 1 aliphatic carbocycles. The minimum Gasteiger partial charge on any atom is -0.345 e. The number of nitrogens with zero attached hydrogens (tertiary/aromatic N) is 1. The van der Waals surface area contributed by atoms with Gasteiger partial charge in [0, 0.05) is 12.6 Å². The molecule has 4 aromatic rings. The van der Waals surface area contributed by atoms with Gasteiger partial charge < -0.3 is 10.3 Å². The highest BCUT2D eigenvalue weighted by molar-refractivity contribution is 5.81. The standard InChI is InChI=1S/C23H21N3/c1-2-4-20-18(3-1)9-11-21(20)24-14-16-5-7-17(8-6-16)19-10-12-22-23(13-19)26-15-25-22/h1-8,10,12-13,15,21,24H,9,11,14H2,(H,25,26). The Morgan fingerprint density at radius 3 is 2.73 bits per heavy atom. The number of hydrogen-bond donors (Lipinski definition) is 2. The highest BCUT2D eigenvalue weighted by Gasteiger charge is 2.20. The van der Waals surface area contributed by atoms with Gasteiger partial charge in [0.15, 0.2) is 0 Å². The third kappa shape index (κ3) is 2.80. The highest BCUT2D eigenvalue weighted by Crippen LogP contribution is 2.31. The summed E-state index contributed by atoms with van der Waals surface area (Å²) in [6.07, 6.45) is 4.12. The summed E-state index contributed by atoms with van der Waals surface area (Å²) >= 11 is 0. The van der Waals surface area contributed by atoms with E-state index in [2.05, 4.69) is 82.0 Å². The fourth-order valence-electron chi connectivity index (χ4n) is 3.94. The first-order chi connectivity index (χ1) is 12.9. The van der Waals surface area contributed by atoms with Gasteiger partial charge in [0.2, 0.25) is 0 Å². The summed E-state index contributed by atoms with van der Waals surface area (Å²) in [7, 11) is 0. The number of imidazole rings is 1. The molecule has 3 aromatic carbocycles. The first-order valence-corrected chi connectivity index (χ1v) is 9.20. The SMILES string of the molecule is c1ccc2c(c1)CCC2NCc1ccc(-c2ccc3nc[nH]c3c2)cc1. The molecule has 1 unspecified atom stereocenters. The number of aryl methyl sites for hydroxylation is 1. The largest absolute Gasteiger partial charge is 0.345 e. The summed E-state index contributed by atoms with van der Waals surface area (Å²) < 4.78 is 0. The Bertz CT molecular complexity index is 1050. The summed E-state index contributed by atoms with van der Waals surface area (Å²) in [5, 5.41) is 3.72. The second kappa shape index (κ2) is 6.43. The number of aromatic nitrogens is 2. The molecule has 0 fully saturated rings. The highest BCUT2D eigenvalue weighted by atomic mass is 14.9. The van der Waals surface area contributed by atoms with Crippen LogP contribution in [0, 0.1) is 0 Å². The number of hydrogen-bond acceptors (Lipinski definition) is 2. The van der Waals surface area contributed by atoms with Crippen LogP contribution in [0.4, 0.5) is 0 Å². The Labute approximate surface area is 153 Å². The Kier molecular flexibility index (Phi) is 3.80. The molecular weight excluding hydrogens is 318 g/mol. The van der Waals surface area contributed by atoms with E-state index in [1.165, 1.54) is 40.7 Å². The van der Waals surface area contributed by atoms with Gasteiger partial charge in [-0.25, -0.2) is 4.98 Å². The van der Waals surface area contributed by atoms with Crippen molar-refractivity contribution in [2.45, 2.75) is 25.4 Å². The van der Waals surface area contributed by atoms with Gasteiger partial charge in [-0.15, -0.1) is 0 Å². The lowest BCUT2D eigenvalue weighted by Crippen LogP contribution is -2.18. The van der Waals surface area contributed by atoms with Crippen LogP contribution < -0.4 is 5.32 Å². The maximum atomic E-state index is 4.28. The zero-order chi connectivity index (χ0) is 17.3. The van der Waals surface area contributed by atoms with E-state index in [0.717, 1.165) is 17.6 Å². The molecule has 26 heavy (non-hydrogen) atoms. The first kappa shape index (κ1) is 15.4. The van der Waals surface area contributed by atoms with Crippen LogP contribution in [0.15, 0.2) is 73.1 Å². The minimum atomic E-state index is 0.480. The molecule has 0 bridgehead atoms. The van der Waals surface area contributed by atoms with Crippen molar-refractivity contribution in [1.82, 2.24) is 15.3 Å². The number of aromatic amines is 1. The van der Waals surface area contributed by atoms with E-state index in [0.29, 0.717) is 6.04 Å². The number of rotatable bonds is 4. The van der Waals surface area contributed by atoms with E-state index in [1.54, 1.807) is 6.33 Å². The molecular formula is C23H21N3. The summed E-state index contributed by atoms with van der Waals surface area (Å²) in [4.78, 5) is 7.46. The van der Waals surface area contributed by atoms with E-state index < -0.39 is 0 Å². The van der Waals surface area contributed by atoms with Crippen molar-refractivity contribution < 1.29 is 0 Å². The molecule has 0 amide bonds. The molecule has 0 spiro atoms. The molecule has 2 N–H and O–H groups in total. The predicted molar refractivity (Wildman–Crippen MR) is 106 cm³/mol. The van der Waals surface area contributed by atoms with Crippen molar-refractivity contribution in [3.63, 3.8) is 0 Å². The maximum Gasteiger partial charge on any atom is 0.0931 e. The van der Waals surface area contributed by atoms with Crippen LogP contribution in [0.25, 0.3) is 22.2 Å². The van der Waals surface area contributed by atoms with Crippen LogP contribution in [-0.2, 0) is 13.0 Å². The summed E-state index contributed by atoms with van der Waals surface area (Å²) in [5.41, 5.74) is 8.81. The fourth-order valence-corrected chi connectivity index (χ4v) is 3.94. The predicted octanol–water partition coefficient (Wildman–Crippen LogP) is 5.01. The number of nitrogens with one attached hydrogen (secondary N) is 2. The van der Waals surface area contributed by atoms with E-state index in [9.17, 15) is 0 Å². The van der Waals surface area contributed by atoms with Crippen molar-refractivity contribution in [1.29, 1.82) is 0 Å². The number of fused-ring (bicyclic) bond motifs is 2. The van der Waals surface area contributed by atoms with Gasteiger partial charge in [0.25, 0.3) is 0 Å². The Morgan fingerprint density at radius 1 is 0.962 bits per heavy atom. The topological polar surface area (TPSA) is 40.7 Å². The van der Waals surface area contributed by atoms with Crippen LogP contribution in [0.1, 0.15) is 29.2 Å². The average molecular weight is 339 g/mol. The molecule has 0 aliphatic heterocycles. The Morgan fingerprint density at radius 2 is 1.81 bits per heavy atom. The van der Waals surface area contributed by atoms with Crippen LogP contribution in [0.2, 0.25) is 0 Å². The van der Waals surface area contributed by atoms with Gasteiger partial charge in [0.1, 0.15) is 0 Å². The molecule has 0 saturated carbocycles. The first-order valence-electron chi connectivity index (χ1n) is 9.20. The molecule has 1 heterocycles. The van der Waals surface area contributed by atoms with Crippen molar-refractivity contribution >= 4 is 11.0 Å². The van der Waals surface area contributed by atoms with Gasteiger partial charge in [-0.1, -0.05) is 54.6 Å². The quantitative estimate of drug-likeness (QED) is 0.549. The zero-order valence-electron chi connectivity index (χ0n) is 14.6. The van der Waals surface area contributed by atoms with Crippen molar-refractivity contribution in [3.05, 3.63) is 89.7 Å². The maximum absolute atomic E-state index is 4.28. The number of H-pyrrole nitrogens is 1. The van der Waals surface area contributed by atoms with Gasteiger partial charge in [-0.2, -0.15) is 0 Å². The van der Waals surface area contributed by atoms with Crippen molar-refractivity contribution in [3.8, 4) is 11.1 Å². The summed E-state index contributed by atoms with van der Waals surface area (Å²) in [6.45, 7) is 0.902. The third-order valence-electron chi connectivity index (χ3n) is 5.39. The molecule has 3 nitrogen and oxygen atoms in total. The van der Waals surface area contributed by atoms with Crippen LogP contribution >= 0.6 is 0 Å². The smallest absolute Gasteiger partial charge is 0.0931 e. The summed E-state index contributed by atoms with van der Waals surface area (Å²) in [5.74, 6) is 0. The molecule has 5 rings (SSSR count). The monoisotopic (exact) mass is 339 g/mol. The van der Waals surface area contributed by atoms with Crippen LogP contribution in [0.5, 0.6) is 0 Å². The van der Waals surface area contributed by atoms with Crippen LogP contribution in [-0.4, -0.2) is 9.97 Å². The lowest BCUT2D eigenvalue weighted by molar-refractivity contribution is 0.530. The Hall–Kier alpha value is -2.91. The molecule has 0 saturated heterocycles. The molecule has 3 heteroatoms. The van der Waals surface area contributed by atoms with E-state index in [1.807, 2.05) is 0 Å². The molecule has 1 aromatic heterocycles. The van der Waals surface area contributed by atoms with Crippen molar-refractivity contribution in [2.24, 2.45) is 0 Å². The second-order valence-electron chi connectivity index (χ2n) is 7.00. The van der Waals surface area contributed by atoms with Gasteiger partial charge in [-0.05, 0) is 52.8 Å². The van der Waals surface area contributed by atoms with Crippen LogP contribution in [0.3, 0.4) is 0 Å². The van der Waals surface area contributed by atoms with Gasteiger partial charge in [-0.3, -0.25) is 0 Å². The average Bonchev–Trinajstić information content (AvgIpc) is 3.33. The third-order valence-corrected chi connectivity index (χ3v) is 5.39. The number of benzene rings is 3. The lowest BCUT2D eigenvalue weighted by Gasteiger charge is -2.14. The molecule has 0 radical (unpaired) electrons. The Balaban J connectivity index is 1.29. The van der Waals surface area contributed by atoms with E-state index in [4.69, 9.17) is 0 Å². The van der Waals surface area contributed by atoms with Gasteiger partial charge >= 0.3 is 0 Å². The molecule has 1 atom stereocenters. The normalized spacial score (nSPS) is 16.1. The minimum absolute atomic E-state index is 0.480. The zero-order valence-corrected chi connectivity index (χ0v) is 14.6. The molecule has 1 aliphatic rings. The van der Waals surface area contributed by atoms with E-state index in [-0.39, 0.29) is 0 Å².